The molecule has 8 heteroatoms. The number of hydrogen-bond donors (Lipinski definition) is 2. The number of fused-ring (bicyclic) bond motifs is 1. The summed E-state index contributed by atoms with van der Waals surface area (Å²) in [4.78, 5) is 18.1. The van der Waals surface area contributed by atoms with E-state index in [4.69, 9.17) is 9.72 Å². The van der Waals surface area contributed by atoms with E-state index in [9.17, 15) is 0 Å². The summed E-state index contributed by atoms with van der Waals surface area (Å²) >= 11 is 1.60. The van der Waals surface area contributed by atoms with Crippen molar-refractivity contribution in [3.05, 3.63) is 78.7 Å². The van der Waals surface area contributed by atoms with Gasteiger partial charge in [-0.2, -0.15) is 0 Å². The number of aromatic nitrogens is 4. The smallest absolute Gasteiger partial charge is 0.227 e. The van der Waals surface area contributed by atoms with E-state index in [0.717, 1.165) is 63.4 Å². The van der Waals surface area contributed by atoms with Gasteiger partial charge in [0.25, 0.3) is 0 Å². The van der Waals surface area contributed by atoms with Crippen molar-refractivity contribution in [3.8, 4) is 27.4 Å². The third-order valence-electron chi connectivity index (χ3n) is 5.99. The topological polar surface area (TPSA) is 84.9 Å². The minimum Gasteiger partial charge on any atom is -0.475 e. The van der Waals surface area contributed by atoms with Gasteiger partial charge in [0.15, 0.2) is 0 Å². The monoisotopic (exact) mass is 480 g/mol. The molecule has 0 saturated carbocycles. The van der Waals surface area contributed by atoms with Crippen LogP contribution in [0.4, 0.5) is 11.6 Å². The second-order valence-corrected chi connectivity index (χ2v) is 9.34. The summed E-state index contributed by atoms with van der Waals surface area (Å²) in [5.74, 6) is 1.32. The highest BCUT2D eigenvalue weighted by molar-refractivity contribution is 7.13. The Morgan fingerprint density at radius 2 is 1.94 bits per heavy atom. The number of nitrogens with zero attached hydrogens (tertiary/aromatic N) is 4. The van der Waals surface area contributed by atoms with E-state index < -0.39 is 0 Å². The Labute approximate surface area is 207 Å². The maximum Gasteiger partial charge on any atom is 0.227 e. The second kappa shape index (κ2) is 9.77. The fourth-order valence-electron chi connectivity index (χ4n) is 4.25. The average Bonchev–Trinajstić information content (AvgIpc) is 3.45. The number of thiazole rings is 1. The summed E-state index contributed by atoms with van der Waals surface area (Å²) in [6.45, 7) is 0.971. The van der Waals surface area contributed by atoms with Crippen molar-refractivity contribution in [1.29, 1.82) is 0 Å². The summed E-state index contributed by atoms with van der Waals surface area (Å²) in [6, 6.07) is 16.2. The summed E-state index contributed by atoms with van der Waals surface area (Å²) in [7, 11) is 0. The van der Waals surface area contributed by atoms with E-state index >= 15 is 0 Å². The van der Waals surface area contributed by atoms with Crippen molar-refractivity contribution in [2.75, 3.05) is 11.9 Å². The lowest BCUT2D eigenvalue weighted by molar-refractivity contribution is 0.133. The van der Waals surface area contributed by atoms with Crippen molar-refractivity contribution >= 4 is 33.9 Å². The predicted molar refractivity (Wildman–Crippen MR) is 140 cm³/mol. The van der Waals surface area contributed by atoms with E-state index in [2.05, 4.69) is 43.8 Å². The third-order valence-corrected chi connectivity index (χ3v) is 6.80. The van der Waals surface area contributed by atoms with E-state index in [1.165, 1.54) is 6.42 Å². The molecule has 0 radical (unpaired) electrons. The molecule has 6 rings (SSSR count). The van der Waals surface area contributed by atoms with Gasteiger partial charge in [0.1, 0.15) is 17.0 Å². The zero-order valence-electron chi connectivity index (χ0n) is 19.0. The normalized spacial score (nSPS) is 15.7. The lowest BCUT2D eigenvalue weighted by Crippen LogP contribution is -2.38. The van der Waals surface area contributed by atoms with Gasteiger partial charge in [0.2, 0.25) is 5.95 Å². The number of anilines is 2. The third kappa shape index (κ3) is 4.84. The zero-order chi connectivity index (χ0) is 23.5. The standard InChI is InChI=1S/C27H24N6OS/c1-2-10-29-25(8-1)34-24-15-23-20(14-22(24)26-30-11-12-35-26)17-31-27(33-23)32-21-7-3-5-18(13-21)19-6-4-9-28-16-19/h3-7,9,11-17,25,29H,1-2,8,10H2,(H,31,32,33). The van der Waals surface area contributed by atoms with E-state index in [1.54, 1.807) is 17.5 Å². The van der Waals surface area contributed by atoms with Crippen LogP contribution in [0.15, 0.2) is 78.7 Å². The van der Waals surface area contributed by atoms with Crippen molar-refractivity contribution in [2.24, 2.45) is 0 Å². The SMILES string of the molecule is c1cncc(-c2cccc(Nc3ncc4cc(-c5nccs5)c(OC5CCCCN5)cc4n3)c2)c1. The molecule has 5 aromatic rings. The van der Waals surface area contributed by atoms with Gasteiger partial charge < -0.3 is 10.1 Å². The number of rotatable bonds is 6. The molecule has 1 aliphatic rings. The summed E-state index contributed by atoms with van der Waals surface area (Å²) in [5, 5.41) is 10.6. The molecule has 0 bridgehead atoms. The first kappa shape index (κ1) is 21.6. The van der Waals surface area contributed by atoms with Crippen LogP contribution in [0.5, 0.6) is 5.75 Å². The van der Waals surface area contributed by atoms with Gasteiger partial charge in [0, 0.05) is 52.9 Å². The Balaban J connectivity index is 1.32. The van der Waals surface area contributed by atoms with Gasteiger partial charge in [-0.1, -0.05) is 18.2 Å². The van der Waals surface area contributed by atoms with E-state index in [-0.39, 0.29) is 6.23 Å². The first-order chi connectivity index (χ1) is 17.3. The fourth-order valence-corrected chi connectivity index (χ4v) is 4.91. The minimum absolute atomic E-state index is 0.00504. The molecule has 2 aromatic carbocycles. The fraction of sp³-hybridized carbons (Fsp3) is 0.185. The van der Waals surface area contributed by atoms with E-state index in [1.807, 2.05) is 54.3 Å². The molecule has 1 fully saturated rings. The van der Waals surface area contributed by atoms with Crippen molar-refractivity contribution in [3.63, 3.8) is 0 Å². The number of piperidine rings is 1. The van der Waals surface area contributed by atoms with Gasteiger partial charge in [-0.3, -0.25) is 10.3 Å². The number of nitrogens with one attached hydrogen (secondary N) is 2. The maximum atomic E-state index is 6.41. The highest BCUT2D eigenvalue weighted by Crippen LogP contribution is 2.36. The molecule has 0 amide bonds. The molecule has 174 valence electrons. The molecule has 0 spiro atoms. The molecule has 7 nitrogen and oxygen atoms in total. The molecular formula is C27H24N6OS. The van der Waals surface area contributed by atoms with Crippen LogP contribution in [-0.2, 0) is 0 Å². The van der Waals surface area contributed by atoms with Crippen LogP contribution in [0.25, 0.3) is 32.6 Å². The summed E-state index contributed by atoms with van der Waals surface area (Å²) in [5.41, 5.74) is 4.83. The molecule has 2 N–H and O–H groups in total. The van der Waals surface area contributed by atoms with Crippen LogP contribution in [0, 0.1) is 0 Å². The number of ether oxygens (including phenoxy) is 1. The van der Waals surface area contributed by atoms with Crippen molar-refractivity contribution in [1.82, 2.24) is 25.3 Å². The average molecular weight is 481 g/mol. The van der Waals surface area contributed by atoms with Gasteiger partial charge in [-0.25, -0.2) is 15.0 Å². The van der Waals surface area contributed by atoms with Crippen molar-refractivity contribution < 1.29 is 4.74 Å². The lowest BCUT2D eigenvalue weighted by atomic mass is 10.1. The summed E-state index contributed by atoms with van der Waals surface area (Å²) < 4.78 is 6.41. The van der Waals surface area contributed by atoms with Crippen LogP contribution < -0.4 is 15.4 Å². The highest BCUT2D eigenvalue weighted by Gasteiger charge is 2.19. The highest BCUT2D eigenvalue weighted by atomic mass is 32.1. The molecular weight excluding hydrogens is 456 g/mol. The van der Waals surface area contributed by atoms with E-state index in [0.29, 0.717) is 5.95 Å². The molecule has 35 heavy (non-hydrogen) atoms. The molecule has 1 saturated heterocycles. The molecule has 1 atom stereocenters. The second-order valence-electron chi connectivity index (χ2n) is 8.44. The maximum absolute atomic E-state index is 6.41. The predicted octanol–water partition coefficient (Wildman–Crippen LogP) is 6.04. The Morgan fingerprint density at radius 1 is 0.971 bits per heavy atom. The first-order valence-electron chi connectivity index (χ1n) is 11.7. The Morgan fingerprint density at radius 3 is 2.77 bits per heavy atom. The Hall–Kier alpha value is -3.88. The zero-order valence-corrected chi connectivity index (χ0v) is 19.8. The van der Waals surface area contributed by atoms with Gasteiger partial charge in [-0.05, 0) is 55.6 Å². The Kier molecular flexibility index (Phi) is 6.04. The van der Waals surface area contributed by atoms with Crippen LogP contribution in [-0.4, -0.2) is 32.7 Å². The minimum atomic E-state index is -0.00504. The van der Waals surface area contributed by atoms with Gasteiger partial charge in [-0.15, -0.1) is 11.3 Å². The Bertz CT molecular complexity index is 1440. The van der Waals surface area contributed by atoms with Crippen LogP contribution in [0.2, 0.25) is 0 Å². The van der Waals surface area contributed by atoms with Gasteiger partial charge in [0.05, 0.1) is 11.1 Å². The lowest BCUT2D eigenvalue weighted by Gasteiger charge is -2.25. The van der Waals surface area contributed by atoms with Gasteiger partial charge >= 0.3 is 0 Å². The van der Waals surface area contributed by atoms with Crippen LogP contribution in [0.1, 0.15) is 19.3 Å². The molecule has 0 aliphatic carbocycles. The molecule has 3 aromatic heterocycles. The number of hydrogen-bond acceptors (Lipinski definition) is 8. The van der Waals surface area contributed by atoms with Crippen LogP contribution in [0.3, 0.4) is 0 Å². The molecule has 1 unspecified atom stereocenters. The largest absolute Gasteiger partial charge is 0.475 e. The quantitative estimate of drug-likeness (QED) is 0.307. The first-order valence-corrected chi connectivity index (χ1v) is 12.6. The van der Waals surface area contributed by atoms with Crippen LogP contribution >= 0.6 is 11.3 Å². The molecule has 1 aliphatic heterocycles. The number of pyridine rings is 1. The number of benzene rings is 2. The molecule has 4 heterocycles. The summed E-state index contributed by atoms with van der Waals surface area (Å²) in [6.07, 6.45) is 10.6. The van der Waals surface area contributed by atoms with Crippen molar-refractivity contribution in [2.45, 2.75) is 25.5 Å².